The standard InChI is InChI=1S/C13H10F2N2O2/c1-7-3-2-4-9(14)11(7)17-12-10(15)8(13(18)19)5-6-16-12/h2-6H,1H3,(H,16,17)(H,18,19). The van der Waals surface area contributed by atoms with Crippen LogP contribution in [0.3, 0.4) is 0 Å². The van der Waals surface area contributed by atoms with Crippen LogP contribution in [0.2, 0.25) is 0 Å². The fraction of sp³-hybridized carbons (Fsp3) is 0.0769. The van der Waals surface area contributed by atoms with E-state index in [9.17, 15) is 13.6 Å². The molecular formula is C13H10F2N2O2. The summed E-state index contributed by atoms with van der Waals surface area (Å²) in [4.78, 5) is 14.5. The van der Waals surface area contributed by atoms with Gasteiger partial charge >= 0.3 is 5.97 Å². The number of nitrogens with one attached hydrogen (secondary N) is 1. The molecule has 4 nitrogen and oxygen atoms in total. The number of carboxylic acid groups (broad SMARTS) is 1. The monoisotopic (exact) mass is 264 g/mol. The number of hydrogen-bond donors (Lipinski definition) is 2. The fourth-order valence-electron chi connectivity index (χ4n) is 1.60. The van der Waals surface area contributed by atoms with Gasteiger partial charge in [-0.15, -0.1) is 0 Å². The van der Waals surface area contributed by atoms with Crippen molar-refractivity contribution in [1.82, 2.24) is 4.98 Å². The molecule has 0 spiro atoms. The lowest BCUT2D eigenvalue weighted by Crippen LogP contribution is -2.07. The zero-order chi connectivity index (χ0) is 14.0. The normalized spacial score (nSPS) is 10.3. The van der Waals surface area contributed by atoms with Crippen LogP contribution in [0.5, 0.6) is 0 Å². The summed E-state index contributed by atoms with van der Waals surface area (Å²) in [5.41, 5.74) is 0.102. The van der Waals surface area contributed by atoms with Crippen LogP contribution in [0.25, 0.3) is 0 Å². The van der Waals surface area contributed by atoms with Crippen molar-refractivity contribution in [2.24, 2.45) is 0 Å². The average molecular weight is 264 g/mol. The van der Waals surface area contributed by atoms with Crippen molar-refractivity contribution in [1.29, 1.82) is 0 Å². The second-order valence-corrected chi connectivity index (χ2v) is 3.88. The maximum Gasteiger partial charge on any atom is 0.338 e. The SMILES string of the molecule is Cc1cccc(F)c1Nc1nccc(C(=O)O)c1F. The molecule has 0 aliphatic rings. The summed E-state index contributed by atoms with van der Waals surface area (Å²) >= 11 is 0. The predicted molar refractivity (Wildman–Crippen MR) is 65.6 cm³/mol. The first-order valence-corrected chi connectivity index (χ1v) is 5.40. The van der Waals surface area contributed by atoms with Crippen LogP contribution in [-0.4, -0.2) is 16.1 Å². The highest BCUT2D eigenvalue weighted by molar-refractivity contribution is 5.89. The first-order chi connectivity index (χ1) is 9.00. The van der Waals surface area contributed by atoms with Crippen molar-refractivity contribution in [2.45, 2.75) is 6.92 Å². The molecule has 2 rings (SSSR count). The van der Waals surface area contributed by atoms with Crippen molar-refractivity contribution < 1.29 is 18.7 Å². The summed E-state index contributed by atoms with van der Waals surface area (Å²) < 4.78 is 27.4. The van der Waals surface area contributed by atoms with Gasteiger partial charge in [-0.3, -0.25) is 0 Å². The highest BCUT2D eigenvalue weighted by Gasteiger charge is 2.16. The quantitative estimate of drug-likeness (QED) is 0.894. The number of hydrogen-bond acceptors (Lipinski definition) is 3. The smallest absolute Gasteiger partial charge is 0.338 e. The molecule has 2 N–H and O–H groups in total. The van der Waals surface area contributed by atoms with Crippen molar-refractivity contribution in [3.63, 3.8) is 0 Å². The maximum atomic E-state index is 13.8. The predicted octanol–water partition coefficient (Wildman–Crippen LogP) is 3.11. The van der Waals surface area contributed by atoms with Crippen LogP contribution in [0, 0.1) is 18.6 Å². The number of halogens is 2. The number of para-hydroxylation sites is 1. The number of pyridine rings is 1. The zero-order valence-electron chi connectivity index (χ0n) is 9.95. The van der Waals surface area contributed by atoms with E-state index in [4.69, 9.17) is 5.11 Å². The molecule has 0 aliphatic carbocycles. The van der Waals surface area contributed by atoms with Gasteiger partial charge < -0.3 is 10.4 Å². The number of benzene rings is 1. The van der Waals surface area contributed by atoms with Crippen molar-refractivity contribution in [3.8, 4) is 0 Å². The third-order valence-corrected chi connectivity index (χ3v) is 2.58. The summed E-state index contributed by atoms with van der Waals surface area (Å²) in [6, 6.07) is 5.42. The van der Waals surface area contributed by atoms with Gasteiger partial charge in [0.25, 0.3) is 0 Å². The Hall–Kier alpha value is -2.50. The van der Waals surface area contributed by atoms with Gasteiger partial charge in [-0.25, -0.2) is 18.6 Å². The Kier molecular flexibility index (Phi) is 3.41. The van der Waals surface area contributed by atoms with E-state index in [0.717, 1.165) is 12.3 Å². The Bertz CT molecular complexity index is 624. The number of aromatic nitrogens is 1. The summed E-state index contributed by atoms with van der Waals surface area (Å²) in [5, 5.41) is 11.3. The van der Waals surface area contributed by atoms with Crippen LogP contribution in [0.4, 0.5) is 20.3 Å². The lowest BCUT2D eigenvalue weighted by molar-refractivity contribution is 0.0692. The lowest BCUT2D eigenvalue weighted by Gasteiger charge is -2.11. The fourth-order valence-corrected chi connectivity index (χ4v) is 1.60. The molecule has 0 amide bonds. The molecule has 0 radical (unpaired) electrons. The summed E-state index contributed by atoms with van der Waals surface area (Å²) in [6.45, 7) is 1.64. The van der Waals surface area contributed by atoms with Gasteiger partial charge in [0.05, 0.1) is 5.69 Å². The largest absolute Gasteiger partial charge is 0.478 e. The number of aromatic carboxylic acids is 1. The van der Waals surface area contributed by atoms with Gasteiger partial charge in [-0.05, 0) is 24.6 Å². The van der Waals surface area contributed by atoms with E-state index < -0.39 is 23.2 Å². The molecule has 1 aromatic heterocycles. The molecular weight excluding hydrogens is 254 g/mol. The lowest BCUT2D eigenvalue weighted by atomic mass is 10.2. The van der Waals surface area contributed by atoms with Crippen LogP contribution >= 0.6 is 0 Å². The minimum atomic E-state index is -1.41. The van der Waals surface area contributed by atoms with Crippen LogP contribution in [-0.2, 0) is 0 Å². The molecule has 0 atom stereocenters. The van der Waals surface area contributed by atoms with Crippen LogP contribution in [0.15, 0.2) is 30.5 Å². The van der Waals surface area contributed by atoms with Gasteiger partial charge in [0.2, 0.25) is 0 Å². The Morgan fingerprint density at radius 2 is 2.05 bits per heavy atom. The number of rotatable bonds is 3. The second kappa shape index (κ2) is 5.01. The molecule has 1 aromatic carbocycles. The van der Waals surface area contributed by atoms with E-state index in [1.807, 2.05) is 0 Å². The molecule has 1 heterocycles. The Morgan fingerprint density at radius 1 is 1.32 bits per heavy atom. The minimum Gasteiger partial charge on any atom is -0.478 e. The van der Waals surface area contributed by atoms with E-state index >= 15 is 0 Å². The molecule has 0 unspecified atom stereocenters. The zero-order valence-corrected chi connectivity index (χ0v) is 9.95. The molecule has 0 aliphatic heterocycles. The number of anilines is 2. The van der Waals surface area contributed by atoms with Gasteiger partial charge in [-0.1, -0.05) is 12.1 Å². The molecule has 19 heavy (non-hydrogen) atoms. The third kappa shape index (κ3) is 2.52. The molecule has 0 saturated heterocycles. The highest BCUT2D eigenvalue weighted by atomic mass is 19.1. The minimum absolute atomic E-state index is 0.0661. The topological polar surface area (TPSA) is 62.2 Å². The van der Waals surface area contributed by atoms with Crippen molar-refractivity contribution in [3.05, 3.63) is 53.2 Å². The van der Waals surface area contributed by atoms with Crippen molar-refractivity contribution >= 4 is 17.5 Å². The van der Waals surface area contributed by atoms with Gasteiger partial charge in [-0.2, -0.15) is 0 Å². The summed E-state index contributed by atoms with van der Waals surface area (Å²) in [7, 11) is 0. The van der Waals surface area contributed by atoms with E-state index in [1.54, 1.807) is 13.0 Å². The summed E-state index contributed by atoms with van der Waals surface area (Å²) in [6.07, 6.45) is 1.14. The van der Waals surface area contributed by atoms with Gasteiger partial charge in [0, 0.05) is 6.20 Å². The van der Waals surface area contributed by atoms with Gasteiger partial charge in [0.1, 0.15) is 11.4 Å². The third-order valence-electron chi connectivity index (χ3n) is 2.58. The van der Waals surface area contributed by atoms with E-state index in [-0.39, 0.29) is 11.5 Å². The van der Waals surface area contributed by atoms with Crippen LogP contribution < -0.4 is 5.32 Å². The Labute approximate surface area is 107 Å². The number of nitrogens with zero attached hydrogens (tertiary/aromatic N) is 1. The number of carbonyl (C=O) groups is 1. The Morgan fingerprint density at radius 3 is 2.68 bits per heavy atom. The molecule has 0 fully saturated rings. The Balaban J connectivity index is 2.45. The van der Waals surface area contributed by atoms with E-state index in [2.05, 4.69) is 10.3 Å². The van der Waals surface area contributed by atoms with Crippen molar-refractivity contribution in [2.75, 3.05) is 5.32 Å². The molecule has 6 heteroatoms. The second-order valence-electron chi connectivity index (χ2n) is 3.88. The van der Waals surface area contributed by atoms with Gasteiger partial charge in [0.15, 0.2) is 11.6 Å². The molecule has 98 valence electrons. The number of aryl methyl sites for hydroxylation is 1. The highest BCUT2D eigenvalue weighted by Crippen LogP contribution is 2.25. The van der Waals surface area contributed by atoms with E-state index in [1.165, 1.54) is 12.1 Å². The summed E-state index contributed by atoms with van der Waals surface area (Å²) in [5.74, 6) is -3.33. The first-order valence-electron chi connectivity index (χ1n) is 5.40. The average Bonchev–Trinajstić information content (AvgIpc) is 2.35. The number of carboxylic acids is 1. The first kappa shape index (κ1) is 12.9. The van der Waals surface area contributed by atoms with E-state index in [0.29, 0.717) is 5.56 Å². The molecule has 2 aromatic rings. The molecule has 0 saturated carbocycles. The van der Waals surface area contributed by atoms with Crippen LogP contribution in [0.1, 0.15) is 15.9 Å². The molecule has 0 bridgehead atoms. The maximum absolute atomic E-state index is 13.8.